The van der Waals surface area contributed by atoms with Crippen LogP contribution >= 0.6 is 11.3 Å². The van der Waals surface area contributed by atoms with Gasteiger partial charge < -0.3 is 0 Å². The fourth-order valence-electron chi connectivity index (χ4n) is 6.05. The maximum absolute atomic E-state index is 8.77. The predicted octanol–water partition coefficient (Wildman–Crippen LogP) is 9.91. The van der Waals surface area contributed by atoms with Crippen LogP contribution in [0.1, 0.15) is 6.85 Å². The molecule has 3 aromatic heterocycles. The first-order chi connectivity index (χ1) is 21.9. The van der Waals surface area contributed by atoms with Crippen molar-refractivity contribution >= 4 is 75.0 Å². The third-order valence-electron chi connectivity index (χ3n) is 7.68. The smallest absolute Gasteiger partial charge is 0.235 e. The molecule has 0 atom stereocenters. The van der Waals surface area contributed by atoms with Gasteiger partial charge in [0.05, 0.1) is 29.1 Å². The van der Waals surface area contributed by atoms with Crippen molar-refractivity contribution in [3.63, 3.8) is 0 Å². The normalized spacial score (nSPS) is 13.8. The van der Waals surface area contributed by atoms with E-state index in [2.05, 4.69) is 59.2 Å². The zero-order valence-corrected chi connectivity index (χ0v) is 21.8. The number of hydrogen-bond donors (Lipinski definition) is 0. The summed E-state index contributed by atoms with van der Waals surface area (Å²) in [7, 11) is 0. The highest BCUT2D eigenvalue weighted by atomic mass is 32.1. The van der Waals surface area contributed by atoms with E-state index < -0.39 is 18.1 Å². The zero-order valence-electron chi connectivity index (χ0n) is 26.0. The van der Waals surface area contributed by atoms with Gasteiger partial charge in [-0.05, 0) is 23.6 Å². The van der Waals surface area contributed by atoms with Gasteiger partial charge in [0.1, 0.15) is 0 Å². The first kappa shape index (κ1) is 17.5. The third kappa shape index (κ3) is 2.94. The number of para-hydroxylation sites is 2. The van der Waals surface area contributed by atoms with Crippen LogP contribution in [0.2, 0.25) is 0 Å². The number of benzene rings is 6. The molecule has 186 valence electrons. The summed E-state index contributed by atoms with van der Waals surface area (Å²) in [5.41, 5.74) is 2.85. The summed E-state index contributed by atoms with van der Waals surface area (Å²) in [4.78, 5) is 10.1. The Balaban J connectivity index is 1.51. The van der Waals surface area contributed by atoms with Gasteiger partial charge in [-0.25, -0.2) is 9.97 Å². The first-order valence-corrected chi connectivity index (χ1v) is 13.8. The minimum atomic E-state index is -0.437. The number of nitrogens with zero attached hydrogens (tertiary/aromatic N) is 3. The zero-order chi connectivity index (χ0) is 30.6. The molecule has 0 unspecified atom stereocenters. The molecule has 3 nitrogen and oxygen atoms in total. The Bertz CT molecular complexity index is 2700. The fourth-order valence-corrected chi connectivity index (χ4v) is 7.33. The molecule has 0 N–H and O–H groups in total. The molecule has 0 spiro atoms. The van der Waals surface area contributed by atoms with Gasteiger partial charge in [-0.3, -0.25) is 4.57 Å². The van der Waals surface area contributed by atoms with Crippen LogP contribution in [0.25, 0.3) is 80.9 Å². The Kier molecular flexibility index (Phi) is 3.60. The average molecular weight is 533 g/mol. The molecule has 0 fully saturated rings. The lowest BCUT2D eigenvalue weighted by atomic mass is 10.00. The van der Waals surface area contributed by atoms with E-state index in [1.165, 1.54) is 20.2 Å². The summed E-state index contributed by atoms with van der Waals surface area (Å²) in [5, 5.41) is 7.42. The molecular weight excluding hydrogens is 506 g/mol. The highest BCUT2D eigenvalue weighted by Gasteiger charge is 2.23. The van der Waals surface area contributed by atoms with Gasteiger partial charge in [0, 0.05) is 47.3 Å². The van der Waals surface area contributed by atoms with Crippen LogP contribution in [0.4, 0.5) is 0 Å². The quantitative estimate of drug-likeness (QED) is 0.222. The molecule has 0 radical (unpaired) electrons. The Morgan fingerprint density at radius 3 is 2.12 bits per heavy atom. The molecule has 0 amide bonds. The molecule has 6 aromatic carbocycles. The predicted molar refractivity (Wildman–Crippen MR) is 170 cm³/mol. The number of thiophene rings is 1. The fraction of sp³-hybridized carbons (Fsp3) is 0. The van der Waals surface area contributed by atoms with Crippen LogP contribution in [0.5, 0.6) is 0 Å². The van der Waals surface area contributed by atoms with Crippen LogP contribution in [0.3, 0.4) is 0 Å². The molecule has 0 aliphatic carbocycles. The van der Waals surface area contributed by atoms with Gasteiger partial charge in [0.2, 0.25) is 5.95 Å². The molecule has 4 heteroatoms. The van der Waals surface area contributed by atoms with Gasteiger partial charge in [0.25, 0.3) is 0 Å². The summed E-state index contributed by atoms with van der Waals surface area (Å²) >= 11 is 1.78. The van der Waals surface area contributed by atoms with Gasteiger partial charge >= 0.3 is 0 Å². The van der Waals surface area contributed by atoms with Crippen molar-refractivity contribution in [2.24, 2.45) is 0 Å². The van der Waals surface area contributed by atoms with E-state index in [0.717, 1.165) is 32.6 Å². The second-order valence-electron chi connectivity index (χ2n) is 9.81. The molecule has 9 aromatic rings. The summed E-state index contributed by atoms with van der Waals surface area (Å²) in [5.74, 6) is 0.368. The van der Waals surface area contributed by atoms with Crippen molar-refractivity contribution < 1.29 is 6.85 Å². The SMILES string of the molecule is [2H]c1c([2H])c([2H])c(-c2nc(-n3c4ccccc4c4c5sc6ccccc6c5c5ccccc5c43)nc3ccccc23)c([2H])c1[2H]. The van der Waals surface area contributed by atoms with Crippen molar-refractivity contribution in [1.82, 2.24) is 14.5 Å². The summed E-state index contributed by atoms with van der Waals surface area (Å²) in [6.07, 6.45) is 0. The van der Waals surface area contributed by atoms with Crippen LogP contribution in [-0.2, 0) is 0 Å². The molecule has 0 aliphatic rings. The lowest BCUT2D eigenvalue weighted by Crippen LogP contribution is -2.03. The van der Waals surface area contributed by atoms with Crippen LogP contribution in [-0.4, -0.2) is 14.5 Å². The lowest BCUT2D eigenvalue weighted by molar-refractivity contribution is 1.02. The molecule has 3 heterocycles. The maximum atomic E-state index is 8.77. The lowest BCUT2D eigenvalue weighted by Gasteiger charge is -2.13. The maximum Gasteiger partial charge on any atom is 0.235 e. The molecule has 0 saturated carbocycles. The second kappa shape index (κ2) is 8.22. The van der Waals surface area contributed by atoms with E-state index in [4.69, 9.17) is 16.8 Å². The Hall–Kier alpha value is -5.06. The van der Waals surface area contributed by atoms with Crippen molar-refractivity contribution in [3.8, 4) is 17.2 Å². The van der Waals surface area contributed by atoms with Crippen molar-refractivity contribution in [2.75, 3.05) is 0 Å². The Morgan fingerprint density at radius 1 is 0.600 bits per heavy atom. The average Bonchev–Trinajstić information content (AvgIpc) is 3.63. The molecular formula is C36H21N3S. The van der Waals surface area contributed by atoms with Crippen molar-refractivity contribution in [2.45, 2.75) is 0 Å². The van der Waals surface area contributed by atoms with E-state index in [-0.39, 0.29) is 17.6 Å². The van der Waals surface area contributed by atoms with E-state index in [0.29, 0.717) is 22.5 Å². The largest absolute Gasteiger partial charge is 0.277 e. The second-order valence-corrected chi connectivity index (χ2v) is 10.9. The van der Waals surface area contributed by atoms with Crippen LogP contribution in [0.15, 0.2) is 127 Å². The minimum Gasteiger partial charge on any atom is -0.277 e. The summed E-state index contributed by atoms with van der Waals surface area (Å²) < 4.78 is 46.9. The van der Waals surface area contributed by atoms with E-state index >= 15 is 0 Å². The van der Waals surface area contributed by atoms with E-state index in [1.807, 2.05) is 42.5 Å². The van der Waals surface area contributed by atoms with E-state index in [1.54, 1.807) is 11.3 Å². The third-order valence-corrected chi connectivity index (χ3v) is 8.87. The van der Waals surface area contributed by atoms with Crippen LogP contribution in [0, 0.1) is 0 Å². The van der Waals surface area contributed by atoms with E-state index in [9.17, 15) is 0 Å². The highest BCUT2D eigenvalue weighted by Crippen LogP contribution is 2.47. The van der Waals surface area contributed by atoms with Gasteiger partial charge in [-0.15, -0.1) is 11.3 Å². The minimum absolute atomic E-state index is 0.0540. The van der Waals surface area contributed by atoms with Gasteiger partial charge in [-0.1, -0.05) is 109 Å². The Labute approximate surface area is 240 Å². The number of aromatic nitrogens is 3. The number of hydrogen-bond acceptors (Lipinski definition) is 3. The monoisotopic (exact) mass is 532 g/mol. The van der Waals surface area contributed by atoms with Crippen LogP contribution < -0.4 is 0 Å². The summed E-state index contributed by atoms with van der Waals surface area (Å²) in [6.45, 7) is 0. The topological polar surface area (TPSA) is 30.7 Å². The number of rotatable bonds is 2. The summed E-state index contributed by atoms with van der Waals surface area (Å²) in [6, 6.07) is 30.8. The molecule has 9 rings (SSSR count). The molecule has 0 aliphatic heterocycles. The molecule has 40 heavy (non-hydrogen) atoms. The van der Waals surface area contributed by atoms with Crippen molar-refractivity contribution in [1.29, 1.82) is 0 Å². The molecule has 0 bridgehead atoms. The Morgan fingerprint density at radius 2 is 1.27 bits per heavy atom. The molecule has 0 saturated heterocycles. The standard InChI is InChI=1S/C36H21N3S/c1-2-12-22(13-3-1)33-25-16-6-9-19-28(25)37-36(38-33)39-29-20-10-7-17-26(29)32-34(39)24-15-5-4-14-23(24)31-27-18-8-11-21-30(27)40-35(31)32/h1-21H/i1D,2D,3D,12D,13D. The van der Waals surface area contributed by atoms with Crippen molar-refractivity contribution in [3.05, 3.63) is 127 Å². The first-order valence-electron chi connectivity index (χ1n) is 15.5. The van der Waals surface area contributed by atoms with Gasteiger partial charge in [-0.2, -0.15) is 0 Å². The van der Waals surface area contributed by atoms with Gasteiger partial charge in [0.15, 0.2) is 0 Å². The number of fused-ring (bicyclic) bond motifs is 11. The highest BCUT2D eigenvalue weighted by molar-refractivity contribution is 7.27.